The van der Waals surface area contributed by atoms with Crippen molar-refractivity contribution in [3.63, 3.8) is 0 Å². The molecule has 24 heavy (non-hydrogen) atoms. The molecule has 4 amide bonds. The lowest BCUT2D eigenvalue weighted by molar-refractivity contribution is -0.127. The summed E-state index contributed by atoms with van der Waals surface area (Å²) in [5.41, 5.74) is 6.03. The summed E-state index contributed by atoms with van der Waals surface area (Å²) in [5, 5.41) is 4.94. The van der Waals surface area contributed by atoms with Crippen molar-refractivity contribution in [1.29, 1.82) is 0 Å². The van der Waals surface area contributed by atoms with E-state index in [0.717, 1.165) is 36.1 Å². The number of hydrogen-bond acceptors (Lipinski definition) is 6. The smallest absolute Gasteiger partial charge is 0.342 e. The number of amides is 4. The summed E-state index contributed by atoms with van der Waals surface area (Å²) >= 11 is 1.36. The van der Waals surface area contributed by atoms with Gasteiger partial charge in [-0.1, -0.05) is 0 Å². The fourth-order valence-corrected chi connectivity index (χ4v) is 3.85. The van der Waals surface area contributed by atoms with Crippen molar-refractivity contribution in [2.45, 2.75) is 45.6 Å². The molecule has 8 nitrogen and oxygen atoms in total. The summed E-state index contributed by atoms with van der Waals surface area (Å²) in [4.78, 5) is 47.3. The maximum absolute atomic E-state index is 12.5. The van der Waals surface area contributed by atoms with E-state index >= 15 is 0 Å². The Kier molecular flexibility index (Phi) is 5.55. The minimum Gasteiger partial charge on any atom is -0.449 e. The second kappa shape index (κ2) is 7.43. The van der Waals surface area contributed by atoms with E-state index in [4.69, 9.17) is 10.5 Å². The molecule has 0 aliphatic heterocycles. The van der Waals surface area contributed by atoms with Crippen LogP contribution in [0.1, 0.15) is 47.5 Å². The largest absolute Gasteiger partial charge is 0.449 e. The van der Waals surface area contributed by atoms with E-state index in [1.807, 2.05) is 5.32 Å². The molecule has 0 bridgehead atoms. The average Bonchev–Trinajstić information content (AvgIpc) is 2.83. The molecule has 1 aliphatic carbocycles. The molecule has 0 unspecified atom stereocenters. The van der Waals surface area contributed by atoms with Crippen LogP contribution in [0.25, 0.3) is 0 Å². The first-order valence-corrected chi connectivity index (χ1v) is 8.34. The van der Waals surface area contributed by atoms with Crippen molar-refractivity contribution >= 4 is 40.2 Å². The number of hydrogen-bond donors (Lipinski definition) is 3. The number of rotatable bonds is 4. The van der Waals surface area contributed by atoms with Gasteiger partial charge in [-0.05, 0) is 38.2 Å². The number of nitrogens with two attached hydrogens (primary N) is 1. The number of aryl methyl sites for hydroxylation is 1. The molecule has 9 heteroatoms. The van der Waals surface area contributed by atoms with Crippen molar-refractivity contribution < 1.29 is 23.9 Å². The Bertz CT molecular complexity index is 698. The molecule has 0 radical (unpaired) electrons. The van der Waals surface area contributed by atoms with Crippen molar-refractivity contribution in [3.05, 3.63) is 16.0 Å². The lowest BCUT2D eigenvalue weighted by atomic mass is 9.95. The van der Waals surface area contributed by atoms with Gasteiger partial charge < -0.3 is 15.8 Å². The topological polar surface area (TPSA) is 128 Å². The van der Waals surface area contributed by atoms with Crippen LogP contribution in [0.2, 0.25) is 0 Å². The van der Waals surface area contributed by atoms with Gasteiger partial charge in [0.2, 0.25) is 5.91 Å². The minimum absolute atomic E-state index is 0.290. The Labute approximate surface area is 142 Å². The first-order chi connectivity index (χ1) is 11.3. The lowest BCUT2D eigenvalue weighted by Crippen LogP contribution is -2.42. The monoisotopic (exact) mass is 353 g/mol. The second-order valence-corrected chi connectivity index (χ2v) is 6.60. The van der Waals surface area contributed by atoms with Crippen LogP contribution in [0.15, 0.2) is 0 Å². The van der Waals surface area contributed by atoms with Gasteiger partial charge in [0, 0.05) is 11.8 Å². The zero-order valence-electron chi connectivity index (χ0n) is 13.4. The highest BCUT2D eigenvalue weighted by molar-refractivity contribution is 7.17. The van der Waals surface area contributed by atoms with E-state index in [1.165, 1.54) is 25.2 Å². The maximum Gasteiger partial charge on any atom is 0.342 e. The average molecular weight is 353 g/mol. The molecule has 0 aromatic carbocycles. The molecule has 1 atom stereocenters. The fourth-order valence-electron chi connectivity index (χ4n) is 2.53. The van der Waals surface area contributed by atoms with Gasteiger partial charge in [-0.2, -0.15) is 0 Å². The van der Waals surface area contributed by atoms with Crippen molar-refractivity contribution in [1.82, 2.24) is 5.32 Å². The molecule has 1 aromatic rings. The van der Waals surface area contributed by atoms with Gasteiger partial charge in [0.15, 0.2) is 6.10 Å². The van der Waals surface area contributed by atoms with Gasteiger partial charge in [-0.15, -0.1) is 11.3 Å². The third-order valence-electron chi connectivity index (χ3n) is 3.56. The number of carbonyl (C=O) groups is 4. The summed E-state index contributed by atoms with van der Waals surface area (Å²) in [5.74, 6) is -1.80. The Hall–Kier alpha value is -2.42. The van der Waals surface area contributed by atoms with E-state index in [9.17, 15) is 19.2 Å². The predicted octanol–water partition coefficient (Wildman–Crippen LogP) is 1.33. The van der Waals surface area contributed by atoms with Gasteiger partial charge in [0.1, 0.15) is 5.00 Å². The van der Waals surface area contributed by atoms with Crippen LogP contribution in [-0.2, 0) is 27.2 Å². The molecule has 4 N–H and O–H groups in total. The van der Waals surface area contributed by atoms with Crippen LogP contribution in [0, 0.1) is 0 Å². The Morgan fingerprint density at radius 1 is 1.21 bits per heavy atom. The van der Waals surface area contributed by atoms with E-state index in [0.29, 0.717) is 10.6 Å². The second-order valence-electron chi connectivity index (χ2n) is 5.50. The number of thiophene rings is 1. The number of esters is 1. The fraction of sp³-hybridized carbons (Fsp3) is 0.467. The number of carbonyl (C=O) groups excluding carboxylic acids is 4. The summed E-state index contributed by atoms with van der Waals surface area (Å²) in [7, 11) is 0. The highest BCUT2D eigenvalue weighted by Gasteiger charge is 2.29. The van der Waals surface area contributed by atoms with E-state index in [2.05, 4.69) is 5.32 Å². The molecular formula is C15H19N3O5S. The Morgan fingerprint density at radius 2 is 1.88 bits per heavy atom. The molecule has 0 fully saturated rings. The number of imide groups is 1. The van der Waals surface area contributed by atoms with Crippen LogP contribution < -0.4 is 16.4 Å². The van der Waals surface area contributed by atoms with Gasteiger partial charge in [-0.25, -0.2) is 9.59 Å². The standard InChI is InChI=1S/C15H19N3O5S/c1-7(12(20)18-15(16)22)23-14(21)11-9-5-3-4-6-10(9)24-13(11)17-8(2)19/h7H,3-6H2,1-2H3,(H,17,19)(H3,16,18,20,22)/t7-/m1/s1. The molecule has 1 heterocycles. The number of ether oxygens (including phenoxy) is 1. The minimum atomic E-state index is -1.19. The van der Waals surface area contributed by atoms with E-state index < -0.39 is 24.0 Å². The van der Waals surface area contributed by atoms with Crippen LogP contribution in [0.3, 0.4) is 0 Å². The normalized spacial score (nSPS) is 14.2. The highest BCUT2D eigenvalue weighted by atomic mass is 32.1. The Morgan fingerprint density at radius 3 is 2.50 bits per heavy atom. The number of fused-ring (bicyclic) bond motifs is 1. The summed E-state index contributed by atoms with van der Waals surface area (Å²) < 4.78 is 5.14. The summed E-state index contributed by atoms with van der Waals surface area (Å²) in [6.45, 7) is 2.70. The molecular weight excluding hydrogens is 334 g/mol. The SMILES string of the molecule is CC(=O)Nc1sc2c(c1C(=O)O[C@H](C)C(=O)NC(N)=O)CCCC2. The van der Waals surface area contributed by atoms with E-state index in [-0.39, 0.29) is 5.91 Å². The van der Waals surface area contributed by atoms with Crippen molar-refractivity contribution in [2.24, 2.45) is 5.73 Å². The molecule has 0 spiro atoms. The van der Waals surface area contributed by atoms with Crippen LogP contribution >= 0.6 is 11.3 Å². The van der Waals surface area contributed by atoms with Crippen LogP contribution in [0.4, 0.5) is 9.80 Å². The van der Waals surface area contributed by atoms with Crippen LogP contribution in [-0.4, -0.2) is 29.9 Å². The Balaban J connectivity index is 2.24. The van der Waals surface area contributed by atoms with Crippen LogP contribution in [0.5, 0.6) is 0 Å². The number of primary amides is 1. The number of urea groups is 1. The quantitative estimate of drug-likeness (QED) is 0.704. The zero-order chi connectivity index (χ0) is 17.9. The molecule has 1 aromatic heterocycles. The van der Waals surface area contributed by atoms with Gasteiger partial charge in [0.05, 0.1) is 5.56 Å². The third kappa shape index (κ3) is 4.10. The number of nitrogens with one attached hydrogen (secondary N) is 2. The third-order valence-corrected chi connectivity index (χ3v) is 4.77. The predicted molar refractivity (Wildman–Crippen MR) is 87.9 cm³/mol. The summed E-state index contributed by atoms with van der Waals surface area (Å²) in [6.07, 6.45) is 2.35. The van der Waals surface area contributed by atoms with E-state index in [1.54, 1.807) is 0 Å². The van der Waals surface area contributed by atoms with Crippen molar-refractivity contribution in [3.8, 4) is 0 Å². The van der Waals surface area contributed by atoms with Crippen molar-refractivity contribution in [2.75, 3.05) is 5.32 Å². The number of anilines is 1. The molecule has 0 saturated carbocycles. The van der Waals surface area contributed by atoms with Gasteiger partial charge >= 0.3 is 12.0 Å². The lowest BCUT2D eigenvalue weighted by Gasteiger charge is -2.15. The maximum atomic E-state index is 12.5. The molecule has 0 saturated heterocycles. The van der Waals surface area contributed by atoms with Gasteiger partial charge in [0.25, 0.3) is 5.91 Å². The molecule has 2 rings (SSSR count). The first-order valence-electron chi connectivity index (χ1n) is 7.53. The molecule has 1 aliphatic rings. The summed E-state index contributed by atoms with van der Waals surface area (Å²) in [6, 6.07) is -1.02. The van der Waals surface area contributed by atoms with Gasteiger partial charge in [-0.3, -0.25) is 14.9 Å². The zero-order valence-corrected chi connectivity index (χ0v) is 14.2. The molecule has 130 valence electrons. The first kappa shape index (κ1) is 17.9. The highest BCUT2D eigenvalue weighted by Crippen LogP contribution is 2.38.